The average molecular weight is 390 g/mol. The molecule has 3 aromatic carbocycles. The first-order valence-corrected chi connectivity index (χ1v) is 10.3. The summed E-state index contributed by atoms with van der Waals surface area (Å²) in [6.45, 7) is 2.11. The van der Waals surface area contributed by atoms with E-state index in [4.69, 9.17) is 0 Å². The summed E-state index contributed by atoms with van der Waals surface area (Å²) >= 11 is 0. The Hall–Kier alpha value is -2.39. The minimum Gasteiger partial charge on any atom is -0.418 e. The lowest BCUT2D eigenvalue weighted by Crippen LogP contribution is -2.29. The molecule has 0 saturated heterocycles. The molecule has 3 rings (SSSR count). The van der Waals surface area contributed by atoms with Crippen LogP contribution in [0.15, 0.2) is 103 Å². The van der Waals surface area contributed by atoms with Crippen LogP contribution in [0.5, 0.6) is 0 Å². The summed E-state index contributed by atoms with van der Waals surface area (Å²) in [5.41, 5.74) is 0. The van der Waals surface area contributed by atoms with Gasteiger partial charge in [-0.2, -0.15) is 0 Å². The molecule has 0 nitrogen and oxygen atoms in total. The van der Waals surface area contributed by atoms with Crippen molar-refractivity contribution >= 4 is 30.4 Å². The number of benzene rings is 3. The average Bonchev–Trinajstić information content (AvgIpc) is 2.67. The molecular formula is C21H20BF4P. The van der Waals surface area contributed by atoms with Gasteiger partial charge in [0.05, 0.1) is 5.82 Å². The summed E-state index contributed by atoms with van der Waals surface area (Å²) in [6, 6.07) is 32.6. The zero-order valence-corrected chi connectivity index (χ0v) is 15.7. The van der Waals surface area contributed by atoms with Gasteiger partial charge in [0.2, 0.25) is 0 Å². The Morgan fingerprint density at radius 3 is 1.07 bits per heavy atom. The standard InChI is InChI=1S/C21H20P.BF4/c1-2-18-22(19-12-6-3-7-13-19,20-14-8-4-9-15-20)21-16-10-5-11-17-21;2-1(3,4)5/h2-18H,1H3;/q+1;-1/b18-2+;. The van der Waals surface area contributed by atoms with Crippen molar-refractivity contribution in [3.05, 3.63) is 103 Å². The molecule has 0 spiro atoms. The highest BCUT2D eigenvalue weighted by atomic mass is 31.2. The van der Waals surface area contributed by atoms with Crippen molar-refractivity contribution in [2.24, 2.45) is 0 Å². The van der Waals surface area contributed by atoms with E-state index in [2.05, 4.69) is 110 Å². The lowest BCUT2D eigenvalue weighted by atomic mass is 10.3. The predicted molar refractivity (Wildman–Crippen MR) is 110 cm³/mol. The van der Waals surface area contributed by atoms with Gasteiger partial charge in [0.1, 0.15) is 23.2 Å². The molecule has 3 aromatic rings. The van der Waals surface area contributed by atoms with Crippen LogP contribution in [0.3, 0.4) is 0 Å². The Kier molecular flexibility index (Phi) is 7.38. The number of halogens is 4. The molecule has 0 aromatic heterocycles. The Morgan fingerprint density at radius 1 is 0.593 bits per heavy atom. The van der Waals surface area contributed by atoms with E-state index >= 15 is 0 Å². The molecular weight excluding hydrogens is 370 g/mol. The van der Waals surface area contributed by atoms with Crippen molar-refractivity contribution < 1.29 is 17.3 Å². The van der Waals surface area contributed by atoms with Gasteiger partial charge in [0, 0.05) is 0 Å². The van der Waals surface area contributed by atoms with Crippen molar-refractivity contribution in [3.63, 3.8) is 0 Å². The molecule has 27 heavy (non-hydrogen) atoms. The second kappa shape index (κ2) is 9.52. The Morgan fingerprint density at radius 2 is 0.852 bits per heavy atom. The van der Waals surface area contributed by atoms with Crippen molar-refractivity contribution in [1.29, 1.82) is 0 Å². The van der Waals surface area contributed by atoms with E-state index in [0.717, 1.165) is 0 Å². The van der Waals surface area contributed by atoms with Crippen LogP contribution in [0, 0.1) is 0 Å². The highest BCUT2D eigenvalue weighted by Gasteiger charge is 2.42. The highest BCUT2D eigenvalue weighted by Crippen LogP contribution is 2.56. The molecule has 0 N–H and O–H groups in total. The molecule has 0 atom stereocenters. The van der Waals surface area contributed by atoms with Gasteiger partial charge in [-0.15, -0.1) is 0 Å². The molecule has 0 aliphatic heterocycles. The van der Waals surface area contributed by atoms with Gasteiger partial charge >= 0.3 is 7.25 Å². The molecule has 0 aliphatic rings. The van der Waals surface area contributed by atoms with Crippen LogP contribution in [0.4, 0.5) is 17.3 Å². The molecule has 0 unspecified atom stereocenters. The number of allylic oxidation sites excluding steroid dienone is 1. The van der Waals surface area contributed by atoms with Crippen molar-refractivity contribution in [1.82, 2.24) is 0 Å². The van der Waals surface area contributed by atoms with Crippen LogP contribution < -0.4 is 15.9 Å². The molecule has 0 amide bonds. The smallest absolute Gasteiger partial charge is 0.418 e. The first kappa shape index (κ1) is 20.9. The Balaban J connectivity index is 0.000000465. The molecule has 0 fully saturated rings. The van der Waals surface area contributed by atoms with Crippen LogP contribution in [-0.4, -0.2) is 7.25 Å². The summed E-state index contributed by atoms with van der Waals surface area (Å²) in [7, 11) is -7.73. The summed E-state index contributed by atoms with van der Waals surface area (Å²) in [4.78, 5) is 0. The van der Waals surface area contributed by atoms with Gasteiger partial charge in [-0.3, -0.25) is 0 Å². The van der Waals surface area contributed by atoms with Gasteiger partial charge in [-0.25, -0.2) is 0 Å². The third-order valence-electron chi connectivity index (χ3n) is 3.86. The summed E-state index contributed by atoms with van der Waals surface area (Å²) < 4.78 is 39.0. The first-order valence-electron chi connectivity index (χ1n) is 8.44. The second-order valence-electron chi connectivity index (χ2n) is 5.71. The van der Waals surface area contributed by atoms with E-state index in [1.165, 1.54) is 15.9 Å². The molecule has 0 heterocycles. The van der Waals surface area contributed by atoms with Crippen LogP contribution in [-0.2, 0) is 0 Å². The Labute approximate surface area is 158 Å². The fourth-order valence-electron chi connectivity index (χ4n) is 2.92. The monoisotopic (exact) mass is 390 g/mol. The summed E-state index contributed by atoms with van der Waals surface area (Å²) in [6.07, 6.45) is 2.20. The summed E-state index contributed by atoms with van der Waals surface area (Å²) in [5.74, 6) is 2.41. The number of hydrogen-bond donors (Lipinski definition) is 0. The first-order chi connectivity index (χ1) is 12.9. The van der Waals surface area contributed by atoms with E-state index in [-0.39, 0.29) is 0 Å². The lowest BCUT2D eigenvalue weighted by molar-refractivity contribution is 0.368. The topological polar surface area (TPSA) is 0 Å². The van der Waals surface area contributed by atoms with Crippen molar-refractivity contribution in [2.75, 3.05) is 0 Å². The third kappa shape index (κ3) is 5.80. The quantitative estimate of drug-likeness (QED) is 0.300. The maximum atomic E-state index is 9.75. The van der Waals surface area contributed by atoms with Gasteiger partial charge in [-0.05, 0) is 43.3 Å². The van der Waals surface area contributed by atoms with Gasteiger partial charge in [0.15, 0.2) is 0 Å². The van der Waals surface area contributed by atoms with Crippen molar-refractivity contribution in [3.8, 4) is 0 Å². The van der Waals surface area contributed by atoms with E-state index in [9.17, 15) is 17.3 Å². The fraction of sp³-hybridized carbons (Fsp3) is 0.0476. The van der Waals surface area contributed by atoms with Gasteiger partial charge < -0.3 is 17.3 Å². The minimum atomic E-state index is -6.00. The number of rotatable bonds is 4. The van der Waals surface area contributed by atoms with Crippen LogP contribution in [0.2, 0.25) is 0 Å². The largest absolute Gasteiger partial charge is 0.673 e. The maximum Gasteiger partial charge on any atom is 0.673 e. The van der Waals surface area contributed by atoms with E-state index in [1.807, 2.05) is 0 Å². The van der Waals surface area contributed by atoms with Gasteiger partial charge in [0.25, 0.3) is 0 Å². The third-order valence-corrected chi connectivity index (χ3v) is 7.95. The second-order valence-corrected chi connectivity index (χ2v) is 9.00. The molecule has 0 radical (unpaired) electrons. The zero-order chi connectivity index (χ0) is 19.8. The SMILES string of the molecule is C/C=C/[P+](c1ccccc1)(c1ccccc1)c1ccccc1.F[B-](F)(F)F. The maximum absolute atomic E-state index is 9.75. The van der Waals surface area contributed by atoms with Gasteiger partial charge in [-0.1, -0.05) is 60.7 Å². The van der Waals surface area contributed by atoms with Crippen LogP contribution in [0.1, 0.15) is 6.92 Å². The molecule has 0 bridgehead atoms. The predicted octanol–water partition coefficient (Wildman–Crippen LogP) is 5.81. The van der Waals surface area contributed by atoms with Crippen LogP contribution >= 0.6 is 7.26 Å². The molecule has 6 heteroatoms. The van der Waals surface area contributed by atoms with E-state index < -0.39 is 14.5 Å². The lowest BCUT2D eigenvalue weighted by Gasteiger charge is -2.23. The van der Waals surface area contributed by atoms with Crippen LogP contribution in [0.25, 0.3) is 0 Å². The normalized spacial score (nSPS) is 11.7. The Bertz CT molecular complexity index is 732. The van der Waals surface area contributed by atoms with E-state index in [1.54, 1.807) is 0 Å². The summed E-state index contributed by atoms with van der Waals surface area (Å²) in [5, 5.41) is 4.18. The molecule has 0 saturated carbocycles. The van der Waals surface area contributed by atoms with Crippen molar-refractivity contribution in [2.45, 2.75) is 6.92 Å². The number of hydrogen-bond acceptors (Lipinski definition) is 0. The molecule has 140 valence electrons. The molecule has 0 aliphatic carbocycles. The fourth-order valence-corrected chi connectivity index (χ4v) is 6.70. The van der Waals surface area contributed by atoms with E-state index in [0.29, 0.717) is 0 Å². The zero-order valence-electron chi connectivity index (χ0n) is 14.9. The minimum absolute atomic E-state index is 1.39. The highest BCUT2D eigenvalue weighted by molar-refractivity contribution is 7.98.